The van der Waals surface area contributed by atoms with Gasteiger partial charge in [0.15, 0.2) is 0 Å². The summed E-state index contributed by atoms with van der Waals surface area (Å²) < 4.78 is 27.1. The molecule has 0 atom stereocenters. The molecule has 3 heterocycles. The number of rotatable bonds is 8. The van der Waals surface area contributed by atoms with Crippen LogP contribution in [0.5, 0.6) is 0 Å². The highest BCUT2D eigenvalue weighted by molar-refractivity contribution is 5.87. The van der Waals surface area contributed by atoms with E-state index >= 15 is 0 Å². The zero-order valence-corrected chi connectivity index (χ0v) is 18.4. The summed E-state index contributed by atoms with van der Waals surface area (Å²) >= 11 is 0. The first-order chi connectivity index (χ1) is 15.9. The number of nitrogens with zero attached hydrogens (tertiary/aromatic N) is 3. The SMILES string of the molecule is C=C(Nc1ccc(CC(F)F)nc1)C(=C)c1cc(-c2cnn(C3CCNCC3)c2)ccc1N. The van der Waals surface area contributed by atoms with Crippen LogP contribution in [0.1, 0.15) is 30.1 Å². The van der Waals surface area contributed by atoms with Crippen LogP contribution in [0.15, 0.2) is 67.8 Å². The summed E-state index contributed by atoms with van der Waals surface area (Å²) in [4.78, 5) is 4.06. The fourth-order valence-electron chi connectivity index (χ4n) is 3.94. The summed E-state index contributed by atoms with van der Waals surface area (Å²) in [5, 5.41) is 11.1. The number of pyridine rings is 1. The van der Waals surface area contributed by atoms with Gasteiger partial charge in [-0.3, -0.25) is 9.67 Å². The summed E-state index contributed by atoms with van der Waals surface area (Å²) in [5.41, 5.74) is 11.8. The molecular weight excluding hydrogens is 422 g/mol. The molecule has 172 valence electrons. The number of hydrogen-bond donors (Lipinski definition) is 3. The lowest BCUT2D eigenvalue weighted by Gasteiger charge is -2.22. The molecule has 1 aliphatic rings. The van der Waals surface area contributed by atoms with Gasteiger partial charge in [-0.1, -0.05) is 19.2 Å². The predicted octanol–water partition coefficient (Wildman–Crippen LogP) is 4.90. The molecule has 0 unspecified atom stereocenters. The van der Waals surface area contributed by atoms with Crippen LogP contribution in [0.3, 0.4) is 0 Å². The number of aromatic nitrogens is 3. The number of allylic oxidation sites excluding steroid dienone is 1. The number of piperidine rings is 1. The van der Waals surface area contributed by atoms with E-state index in [1.54, 1.807) is 12.1 Å². The minimum absolute atomic E-state index is 0.335. The smallest absolute Gasteiger partial charge is 0.244 e. The second-order valence-corrected chi connectivity index (χ2v) is 8.21. The third-order valence-electron chi connectivity index (χ3n) is 5.84. The van der Waals surface area contributed by atoms with Crippen molar-refractivity contribution in [3.8, 4) is 11.1 Å². The highest BCUT2D eigenvalue weighted by Gasteiger charge is 2.17. The van der Waals surface area contributed by atoms with Crippen molar-refractivity contribution in [1.82, 2.24) is 20.1 Å². The maximum absolute atomic E-state index is 12.5. The lowest BCUT2D eigenvalue weighted by atomic mass is 9.98. The zero-order valence-electron chi connectivity index (χ0n) is 18.4. The van der Waals surface area contributed by atoms with E-state index in [2.05, 4.69) is 40.1 Å². The van der Waals surface area contributed by atoms with Crippen molar-refractivity contribution in [3.05, 3.63) is 79.0 Å². The molecular formula is C25H28F2N6. The predicted molar refractivity (Wildman–Crippen MR) is 129 cm³/mol. The van der Waals surface area contributed by atoms with Crippen molar-refractivity contribution in [1.29, 1.82) is 0 Å². The van der Waals surface area contributed by atoms with Crippen molar-refractivity contribution in [2.45, 2.75) is 31.7 Å². The van der Waals surface area contributed by atoms with Crippen molar-refractivity contribution in [2.75, 3.05) is 24.1 Å². The molecule has 0 saturated carbocycles. The molecule has 0 spiro atoms. The largest absolute Gasteiger partial charge is 0.398 e. The maximum Gasteiger partial charge on any atom is 0.244 e. The van der Waals surface area contributed by atoms with Crippen molar-refractivity contribution < 1.29 is 8.78 Å². The lowest BCUT2D eigenvalue weighted by molar-refractivity contribution is 0.148. The Morgan fingerprint density at radius 3 is 2.64 bits per heavy atom. The second kappa shape index (κ2) is 9.95. The van der Waals surface area contributed by atoms with Crippen LogP contribution in [0.4, 0.5) is 20.2 Å². The minimum Gasteiger partial charge on any atom is -0.398 e. The van der Waals surface area contributed by atoms with Gasteiger partial charge in [0, 0.05) is 34.4 Å². The number of alkyl halides is 2. The molecule has 8 heteroatoms. The molecule has 0 bridgehead atoms. The fourth-order valence-corrected chi connectivity index (χ4v) is 3.94. The third-order valence-corrected chi connectivity index (χ3v) is 5.84. The van der Waals surface area contributed by atoms with Crippen LogP contribution in [0.2, 0.25) is 0 Å². The van der Waals surface area contributed by atoms with E-state index in [1.807, 2.05) is 29.1 Å². The molecule has 1 aromatic carbocycles. The number of anilines is 2. The molecule has 0 amide bonds. The normalized spacial score (nSPS) is 14.4. The molecule has 33 heavy (non-hydrogen) atoms. The first-order valence-electron chi connectivity index (χ1n) is 10.9. The van der Waals surface area contributed by atoms with Crippen LogP contribution >= 0.6 is 0 Å². The maximum atomic E-state index is 12.5. The summed E-state index contributed by atoms with van der Waals surface area (Å²) in [6, 6.07) is 9.48. The Morgan fingerprint density at radius 2 is 1.94 bits per heavy atom. The lowest BCUT2D eigenvalue weighted by Crippen LogP contribution is -2.29. The van der Waals surface area contributed by atoms with E-state index in [-0.39, 0.29) is 6.42 Å². The average Bonchev–Trinajstić information content (AvgIpc) is 3.31. The number of nitrogens with two attached hydrogens (primary N) is 1. The van der Waals surface area contributed by atoms with Gasteiger partial charge in [-0.05, 0) is 61.3 Å². The Morgan fingerprint density at radius 1 is 1.15 bits per heavy atom. The first kappa shape index (κ1) is 22.7. The number of benzene rings is 1. The topological polar surface area (TPSA) is 80.8 Å². The van der Waals surface area contributed by atoms with Gasteiger partial charge in [0.2, 0.25) is 6.43 Å². The molecule has 6 nitrogen and oxygen atoms in total. The van der Waals surface area contributed by atoms with Crippen molar-refractivity contribution in [2.24, 2.45) is 0 Å². The van der Waals surface area contributed by atoms with Gasteiger partial charge >= 0.3 is 0 Å². The van der Waals surface area contributed by atoms with Gasteiger partial charge in [-0.25, -0.2) is 8.78 Å². The Hall–Kier alpha value is -3.52. The second-order valence-electron chi connectivity index (χ2n) is 8.21. The van der Waals surface area contributed by atoms with Gasteiger partial charge in [0.1, 0.15) is 0 Å². The molecule has 2 aromatic heterocycles. The molecule has 4 N–H and O–H groups in total. The van der Waals surface area contributed by atoms with E-state index in [0.717, 1.165) is 42.6 Å². The number of hydrogen-bond acceptors (Lipinski definition) is 5. The zero-order chi connectivity index (χ0) is 23.4. The standard InChI is InChI=1S/C25H28F2N6/c1-16(17(2)32-21-5-4-20(30-14-21)12-25(26)27)23-11-18(3-6-24(23)28)19-13-31-33(15-19)22-7-9-29-10-8-22/h3-6,11,13-15,22,25,29,32H,1-2,7-10,12,28H2. The Kier molecular flexibility index (Phi) is 6.84. The number of nitrogen functional groups attached to an aromatic ring is 1. The van der Waals surface area contributed by atoms with Gasteiger partial charge in [0.05, 0.1) is 30.5 Å². The Labute approximate surface area is 192 Å². The Balaban J connectivity index is 1.48. The Bertz CT molecular complexity index is 1130. The molecule has 3 aromatic rings. The van der Waals surface area contributed by atoms with Crippen LogP contribution < -0.4 is 16.4 Å². The highest BCUT2D eigenvalue weighted by Crippen LogP contribution is 2.31. The summed E-state index contributed by atoms with van der Waals surface area (Å²) in [6.07, 6.45) is 4.79. The minimum atomic E-state index is -2.42. The van der Waals surface area contributed by atoms with Gasteiger partial charge in [-0.15, -0.1) is 0 Å². The van der Waals surface area contributed by atoms with Crippen molar-refractivity contribution in [3.63, 3.8) is 0 Å². The average molecular weight is 451 g/mol. The monoisotopic (exact) mass is 450 g/mol. The molecule has 4 rings (SSSR count). The molecule has 1 saturated heterocycles. The number of nitrogens with one attached hydrogen (secondary N) is 2. The van der Waals surface area contributed by atoms with Crippen molar-refractivity contribution >= 4 is 16.9 Å². The van der Waals surface area contributed by atoms with Gasteiger partial charge in [-0.2, -0.15) is 5.10 Å². The first-order valence-corrected chi connectivity index (χ1v) is 10.9. The quantitative estimate of drug-likeness (QED) is 0.336. The molecule has 0 radical (unpaired) electrons. The molecule has 1 fully saturated rings. The van der Waals surface area contributed by atoms with Gasteiger partial charge in [0.25, 0.3) is 0 Å². The molecule has 0 aliphatic carbocycles. The van der Waals surface area contributed by atoms with Crippen LogP contribution in [0, 0.1) is 0 Å². The summed E-state index contributed by atoms with van der Waals surface area (Å²) in [5.74, 6) is 0. The van der Waals surface area contributed by atoms with E-state index in [0.29, 0.717) is 34.4 Å². The van der Waals surface area contributed by atoms with Gasteiger partial charge < -0.3 is 16.4 Å². The third kappa shape index (κ3) is 5.46. The van der Waals surface area contributed by atoms with Crippen LogP contribution in [-0.4, -0.2) is 34.3 Å². The van der Waals surface area contributed by atoms with E-state index in [4.69, 9.17) is 5.73 Å². The van der Waals surface area contributed by atoms with E-state index in [1.165, 1.54) is 6.20 Å². The molecule has 1 aliphatic heterocycles. The highest BCUT2D eigenvalue weighted by atomic mass is 19.3. The fraction of sp³-hybridized carbons (Fsp3) is 0.280. The number of halogens is 2. The summed E-state index contributed by atoms with van der Waals surface area (Å²) in [6.45, 7) is 10.2. The van der Waals surface area contributed by atoms with Crippen LogP contribution in [0.25, 0.3) is 16.7 Å². The van der Waals surface area contributed by atoms with E-state index < -0.39 is 6.43 Å². The summed E-state index contributed by atoms with van der Waals surface area (Å²) in [7, 11) is 0. The van der Waals surface area contributed by atoms with Crippen LogP contribution in [-0.2, 0) is 6.42 Å². The van der Waals surface area contributed by atoms with E-state index in [9.17, 15) is 8.78 Å².